The van der Waals surface area contributed by atoms with E-state index in [0.29, 0.717) is 6.04 Å². The van der Waals surface area contributed by atoms with Crippen molar-refractivity contribution in [3.8, 4) is 0 Å². The van der Waals surface area contributed by atoms with Crippen LogP contribution in [0.15, 0.2) is 23.0 Å². The molecule has 1 atom stereocenters. The SMILES string of the molecule is CCCNC(c1ccoc1)C1CCC(CCC)CC1. The molecule has 2 nitrogen and oxygen atoms in total. The van der Waals surface area contributed by atoms with Crippen molar-refractivity contribution in [3.63, 3.8) is 0 Å². The van der Waals surface area contributed by atoms with Gasteiger partial charge in [0.2, 0.25) is 0 Å². The Labute approximate surface area is 118 Å². The first-order valence-electron chi connectivity index (χ1n) is 8.10. The molecule has 108 valence electrons. The third kappa shape index (κ3) is 4.10. The van der Waals surface area contributed by atoms with E-state index in [0.717, 1.165) is 18.4 Å². The molecule has 1 saturated carbocycles. The summed E-state index contributed by atoms with van der Waals surface area (Å²) >= 11 is 0. The summed E-state index contributed by atoms with van der Waals surface area (Å²) in [4.78, 5) is 0. The Morgan fingerprint density at radius 3 is 2.58 bits per heavy atom. The maximum atomic E-state index is 5.29. The molecule has 1 fully saturated rings. The van der Waals surface area contributed by atoms with Gasteiger partial charge in [0.1, 0.15) is 0 Å². The summed E-state index contributed by atoms with van der Waals surface area (Å²) in [6.07, 6.45) is 13.3. The van der Waals surface area contributed by atoms with Crippen molar-refractivity contribution >= 4 is 0 Å². The van der Waals surface area contributed by atoms with Crippen LogP contribution in [0.25, 0.3) is 0 Å². The molecule has 1 aromatic rings. The topological polar surface area (TPSA) is 25.2 Å². The molecular formula is C17H29NO. The normalized spacial score (nSPS) is 25.4. The Kier molecular flexibility index (Phi) is 5.96. The molecule has 2 heteroatoms. The summed E-state index contributed by atoms with van der Waals surface area (Å²) < 4.78 is 5.29. The highest BCUT2D eigenvalue weighted by atomic mass is 16.3. The lowest BCUT2D eigenvalue weighted by atomic mass is 9.76. The summed E-state index contributed by atoms with van der Waals surface area (Å²) in [5.41, 5.74) is 1.34. The van der Waals surface area contributed by atoms with Gasteiger partial charge in [-0.05, 0) is 43.7 Å². The highest BCUT2D eigenvalue weighted by Gasteiger charge is 2.28. The van der Waals surface area contributed by atoms with Crippen LogP contribution < -0.4 is 5.32 Å². The van der Waals surface area contributed by atoms with Crippen LogP contribution >= 0.6 is 0 Å². The van der Waals surface area contributed by atoms with Crippen LogP contribution in [-0.4, -0.2) is 6.54 Å². The molecule has 19 heavy (non-hydrogen) atoms. The minimum absolute atomic E-state index is 0.501. The van der Waals surface area contributed by atoms with Crippen molar-refractivity contribution in [2.24, 2.45) is 11.8 Å². The second-order valence-electron chi connectivity index (χ2n) is 6.06. The molecular weight excluding hydrogens is 234 g/mol. The molecule has 0 spiro atoms. The van der Waals surface area contributed by atoms with E-state index in [-0.39, 0.29) is 0 Å². The quantitative estimate of drug-likeness (QED) is 0.754. The third-order valence-corrected chi connectivity index (χ3v) is 4.58. The van der Waals surface area contributed by atoms with Gasteiger partial charge in [0.25, 0.3) is 0 Å². The number of nitrogens with one attached hydrogen (secondary N) is 1. The van der Waals surface area contributed by atoms with E-state index in [1.54, 1.807) is 6.26 Å². The molecule has 1 aliphatic rings. The van der Waals surface area contributed by atoms with E-state index >= 15 is 0 Å². The van der Waals surface area contributed by atoms with E-state index in [2.05, 4.69) is 25.2 Å². The minimum Gasteiger partial charge on any atom is -0.472 e. The largest absolute Gasteiger partial charge is 0.472 e. The van der Waals surface area contributed by atoms with Crippen LogP contribution in [0.4, 0.5) is 0 Å². The molecule has 1 aliphatic carbocycles. The van der Waals surface area contributed by atoms with Gasteiger partial charge in [0, 0.05) is 11.6 Å². The van der Waals surface area contributed by atoms with Gasteiger partial charge in [0.15, 0.2) is 0 Å². The Balaban J connectivity index is 1.92. The van der Waals surface area contributed by atoms with Gasteiger partial charge in [-0.2, -0.15) is 0 Å². The average molecular weight is 263 g/mol. The van der Waals surface area contributed by atoms with Gasteiger partial charge in [-0.3, -0.25) is 0 Å². The molecule has 0 saturated heterocycles. The van der Waals surface area contributed by atoms with Crippen LogP contribution in [-0.2, 0) is 0 Å². The minimum atomic E-state index is 0.501. The summed E-state index contributed by atoms with van der Waals surface area (Å²) in [5, 5.41) is 3.73. The van der Waals surface area contributed by atoms with Crippen molar-refractivity contribution < 1.29 is 4.42 Å². The monoisotopic (exact) mass is 263 g/mol. The van der Waals surface area contributed by atoms with Crippen molar-refractivity contribution in [3.05, 3.63) is 24.2 Å². The maximum Gasteiger partial charge on any atom is 0.0950 e. The second-order valence-corrected chi connectivity index (χ2v) is 6.06. The molecule has 1 aromatic heterocycles. The summed E-state index contributed by atoms with van der Waals surface area (Å²) in [6, 6.07) is 2.63. The average Bonchev–Trinajstić information content (AvgIpc) is 2.95. The molecule has 1 unspecified atom stereocenters. The first-order chi connectivity index (χ1) is 9.35. The summed E-state index contributed by atoms with van der Waals surface area (Å²) in [5.74, 6) is 1.77. The molecule has 0 aromatic carbocycles. The van der Waals surface area contributed by atoms with Crippen molar-refractivity contribution in [1.82, 2.24) is 5.32 Å². The smallest absolute Gasteiger partial charge is 0.0950 e. The van der Waals surface area contributed by atoms with E-state index in [1.165, 1.54) is 50.5 Å². The van der Waals surface area contributed by atoms with Crippen LogP contribution in [0.5, 0.6) is 0 Å². The first-order valence-corrected chi connectivity index (χ1v) is 8.10. The Morgan fingerprint density at radius 1 is 1.21 bits per heavy atom. The molecule has 1 N–H and O–H groups in total. The van der Waals surface area contributed by atoms with E-state index in [4.69, 9.17) is 4.42 Å². The summed E-state index contributed by atoms with van der Waals surface area (Å²) in [7, 11) is 0. The van der Waals surface area contributed by atoms with Crippen molar-refractivity contribution in [2.75, 3.05) is 6.54 Å². The zero-order valence-electron chi connectivity index (χ0n) is 12.5. The Hall–Kier alpha value is -0.760. The molecule has 0 amide bonds. The second kappa shape index (κ2) is 7.74. The fourth-order valence-corrected chi connectivity index (χ4v) is 3.53. The van der Waals surface area contributed by atoms with Gasteiger partial charge in [-0.1, -0.05) is 39.5 Å². The van der Waals surface area contributed by atoms with Gasteiger partial charge < -0.3 is 9.73 Å². The number of furan rings is 1. The van der Waals surface area contributed by atoms with Crippen LogP contribution in [0, 0.1) is 11.8 Å². The molecule has 0 radical (unpaired) electrons. The summed E-state index contributed by atoms with van der Waals surface area (Å²) in [6.45, 7) is 5.64. The lowest BCUT2D eigenvalue weighted by Crippen LogP contribution is -2.31. The number of hydrogen-bond donors (Lipinski definition) is 1. The zero-order chi connectivity index (χ0) is 13.5. The van der Waals surface area contributed by atoms with Crippen LogP contribution in [0.1, 0.15) is 70.4 Å². The van der Waals surface area contributed by atoms with Crippen molar-refractivity contribution in [2.45, 2.75) is 64.8 Å². The van der Waals surface area contributed by atoms with Gasteiger partial charge in [-0.15, -0.1) is 0 Å². The number of rotatable bonds is 7. The van der Waals surface area contributed by atoms with Crippen LogP contribution in [0.2, 0.25) is 0 Å². The predicted octanol–water partition coefficient (Wildman–Crippen LogP) is 4.93. The van der Waals surface area contributed by atoms with E-state index in [1.807, 2.05) is 6.26 Å². The predicted molar refractivity (Wildman–Crippen MR) is 80.1 cm³/mol. The zero-order valence-corrected chi connectivity index (χ0v) is 12.5. The number of hydrogen-bond acceptors (Lipinski definition) is 2. The van der Waals surface area contributed by atoms with Gasteiger partial charge in [-0.25, -0.2) is 0 Å². The molecule has 0 aliphatic heterocycles. The fraction of sp³-hybridized carbons (Fsp3) is 0.765. The lowest BCUT2D eigenvalue weighted by molar-refractivity contribution is 0.214. The molecule has 2 rings (SSSR count). The molecule has 1 heterocycles. The maximum absolute atomic E-state index is 5.29. The van der Waals surface area contributed by atoms with Gasteiger partial charge in [0.05, 0.1) is 12.5 Å². The Bertz CT molecular complexity index is 325. The van der Waals surface area contributed by atoms with Crippen LogP contribution in [0.3, 0.4) is 0 Å². The third-order valence-electron chi connectivity index (χ3n) is 4.58. The highest BCUT2D eigenvalue weighted by Crippen LogP contribution is 2.38. The lowest BCUT2D eigenvalue weighted by Gasteiger charge is -2.34. The molecule has 0 bridgehead atoms. The van der Waals surface area contributed by atoms with E-state index in [9.17, 15) is 0 Å². The Morgan fingerprint density at radius 2 is 2.00 bits per heavy atom. The van der Waals surface area contributed by atoms with E-state index < -0.39 is 0 Å². The van der Waals surface area contributed by atoms with Crippen molar-refractivity contribution in [1.29, 1.82) is 0 Å². The highest BCUT2D eigenvalue weighted by molar-refractivity contribution is 5.13. The fourth-order valence-electron chi connectivity index (χ4n) is 3.53. The first kappa shape index (κ1) is 14.6. The van der Waals surface area contributed by atoms with Gasteiger partial charge >= 0.3 is 0 Å². The standard InChI is InChI=1S/C17H29NO/c1-3-5-14-6-8-15(9-7-14)17(18-11-4-2)16-10-12-19-13-16/h10,12-15,17-18H,3-9,11H2,1-2H3.